The van der Waals surface area contributed by atoms with Gasteiger partial charge in [0.15, 0.2) is 0 Å². The Bertz CT molecular complexity index is 636. The van der Waals surface area contributed by atoms with Crippen molar-refractivity contribution in [1.29, 1.82) is 0 Å². The van der Waals surface area contributed by atoms with Crippen molar-refractivity contribution in [3.8, 4) is 0 Å². The molecule has 0 aliphatic heterocycles. The maximum atomic E-state index is 12.1. The van der Waals surface area contributed by atoms with Crippen molar-refractivity contribution < 1.29 is 19.1 Å². The third-order valence-electron chi connectivity index (χ3n) is 3.35. The first-order valence-electron chi connectivity index (χ1n) is 7.94. The Balaban J connectivity index is 2.52. The molecule has 0 aromatic heterocycles. The highest BCUT2D eigenvalue weighted by molar-refractivity contribution is 6.07. The van der Waals surface area contributed by atoms with Gasteiger partial charge in [0.2, 0.25) is 5.91 Å². The average molecular weight is 347 g/mol. The van der Waals surface area contributed by atoms with Crippen LogP contribution in [0.2, 0.25) is 0 Å². The maximum absolute atomic E-state index is 12.1. The van der Waals surface area contributed by atoms with E-state index in [0.717, 1.165) is 13.0 Å². The van der Waals surface area contributed by atoms with Crippen molar-refractivity contribution >= 4 is 23.5 Å². The Labute approximate surface area is 148 Å². The molecule has 7 nitrogen and oxygen atoms in total. The van der Waals surface area contributed by atoms with Crippen LogP contribution in [0.5, 0.6) is 0 Å². The number of ether oxygens (including phenoxy) is 1. The van der Waals surface area contributed by atoms with Crippen LogP contribution >= 0.6 is 0 Å². The van der Waals surface area contributed by atoms with Crippen LogP contribution in [0.4, 0.5) is 5.69 Å². The molecule has 0 unspecified atom stereocenters. The number of rotatable bonds is 8. The maximum Gasteiger partial charge on any atom is 0.337 e. The molecule has 136 valence electrons. The molecular formula is C18H25N3O4. The van der Waals surface area contributed by atoms with E-state index in [4.69, 9.17) is 0 Å². The number of carbonyl (C=O) groups excluding carboxylic acids is 3. The number of amides is 2. The van der Waals surface area contributed by atoms with Gasteiger partial charge in [-0.05, 0) is 58.3 Å². The smallest absolute Gasteiger partial charge is 0.337 e. The molecule has 0 heterocycles. The minimum absolute atomic E-state index is 0.294. The van der Waals surface area contributed by atoms with Crippen LogP contribution in [-0.2, 0) is 14.3 Å². The summed E-state index contributed by atoms with van der Waals surface area (Å²) in [5.41, 5.74) is 1.21. The van der Waals surface area contributed by atoms with Crippen molar-refractivity contribution in [3.05, 3.63) is 41.5 Å². The largest absolute Gasteiger partial charge is 0.465 e. The number of hydrogen-bond acceptors (Lipinski definition) is 5. The monoisotopic (exact) mass is 347 g/mol. The normalized spacial score (nSPS) is 11.2. The van der Waals surface area contributed by atoms with E-state index in [1.807, 2.05) is 19.0 Å². The summed E-state index contributed by atoms with van der Waals surface area (Å²) in [5.74, 6) is -1.12. The van der Waals surface area contributed by atoms with E-state index in [9.17, 15) is 14.4 Å². The summed E-state index contributed by atoms with van der Waals surface area (Å²) in [6.45, 7) is 3.00. The van der Waals surface area contributed by atoms with Crippen LogP contribution in [0.25, 0.3) is 0 Å². The molecule has 25 heavy (non-hydrogen) atoms. The highest BCUT2D eigenvalue weighted by Gasteiger charge is 2.09. The third kappa shape index (κ3) is 7.63. The van der Waals surface area contributed by atoms with Gasteiger partial charge in [0.25, 0.3) is 5.91 Å². The van der Waals surface area contributed by atoms with Crippen molar-refractivity contribution in [1.82, 2.24) is 10.2 Å². The van der Waals surface area contributed by atoms with Gasteiger partial charge in [-0.25, -0.2) is 4.79 Å². The molecule has 0 atom stereocenters. The van der Waals surface area contributed by atoms with Gasteiger partial charge in [-0.15, -0.1) is 0 Å². The molecule has 1 aromatic rings. The van der Waals surface area contributed by atoms with Crippen LogP contribution in [0.1, 0.15) is 23.7 Å². The molecule has 0 spiro atoms. The second-order valence-corrected chi connectivity index (χ2v) is 5.80. The fraction of sp³-hybridized carbons (Fsp3) is 0.389. The Morgan fingerprint density at radius 1 is 1.16 bits per heavy atom. The van der Waals surface area contributed by atoms with Crippen molar-refractivity contribution in [2.24, 2.45) is 0 Å². The Hall–Kier alpha value is -2.67. The molecule has 0 bridgehead atoms. The lowest BCUT2D eigenvalue weighted by atomic mass is 10.2. The molecule has 0 saturated carbocycles. The van der Waals surface area contributed by atoms with Gasteiger partial charge in [0.1, 0.15) is 0 Å². The SMILES string of the molecule is COC(=O)c1ccc(NC(=O)/C(C)=C/C(=O)NCCCN(C)C)cc1. The number of esters is 1. The second kappa shape index (κ2) is 10.2. The quantitative estimate of drug-likeness (QED) is 0.422. The van der Waals surface area contributed by atoms with Crippen molar-refractivity contribution in [3.63, 3.8) is 0 Å². The lowest BCUT2D eigenvalue weighted by Crippen LogP contribution is -2.26. The first kappa shape index (κ1) is 20.4. The fourth-order valence-corrected chi connectivity index (χ4v) is 1.96. The number of hydrogen-bond donors (Lipinski definition) is 2. The van der Waals surface area contributed by atoms with E-state index in [1.165, 1.54) is 13.2 Å². The molecule has 0 radical (unpaired) electrons. The summed E-state index contributed by atoms with van der Waals surface area (Å²) in [7, 11) is 5.24. The standard InChI is InChI=1S/C18H25N3O4/c1-13(12-16(22)19-10-5-11-21(2)3)17(23)20-15-8-6-14(7-9-15)18(24)25-4/h6-9,12H,5,10-11H2,1-4H3,(H,19,22)(H,20,23)/b13-12+. The first-order chi connectivity index (χ1) is 11.8. The van der Waals surface area contributed by atoms with Crippen LogP contribution in [-0.4, -0.2) is 57.0 Å². The predicted octanol–water partition coefficient (Wildman–Crippen LogP) is 1.43. The highest BCUT2D eigenvalue weighted by Crippen LogP contribution is 2.11. The molecule has 0 aliphatic rings. The van der Waals surface area contributed by atoms with Gasteiger partial charge in [-0.1, -0.05) is 0 Å². The molecule has 0 fully saturated rings. The van der Waals surface area contributed by atoms with Crippen LogP contribution in [0.15, 0.2) is 35.9 Å². The predicted molar refractivity (Wildman–Crippen MR) is 96.3 cm³/mol. The molecular weight excluding hydrogens is 322 g/mol. The summed E-state index contributed by atoms with van der Waals surface area (Å²) in [6, 6.07) is 6.30. The van der Waals surface area contributed by atoms with Gasteiger partial charge in [-0.2, -0.15) is 0 Å². The van der Waals surface area contributed by atoms with E-state index in [1.54, 1.807) is 31.2 Å². The van der Waals surface area contributed by atoms with Gasteiger partial charge in [-0.3, -0.25) is 9.59 Å². The van der Waals surface area contributed by atoms with Crippen LogP contribution in [0, 0.1) is 0 Å². The number of nitrogens with one attached hydrogen (secondary N) is 2. The fourth-order valence-electron chi connectivity index (χ4n) is 1.96. The summed E-state index contributed by atoms with van der Waals surface area (Å²) in [5, 5.41) is 5.41. The third-order valence-corrected chi connectivity index (χ3v) is 3.35. The number of carbonyl (C=O) groups is 3. The van der Waals surface area contributed by atoms with E-state index in [2.05, 4.69) is 15.4 Å². The number of benzene rings is 1. The highest BCUT2D eigenvalue weighted by atomic mass is 16.5. The molecule has 1 rings (SSSR count). The van der Waals surface area contributed by atoms with Gasteiger partial charge in [0.05, 0.1) is 12.7 Å². The molecule has 1 aromatic carbocycles. The number of anilines is 1. The van der Waals surface area contributed by atoms with Crippen molar-refractivity contribution in [2.75, 3.05) is 39.6 Å². The summed E-state index contributed by atoms with van der Waals surface area (Å²) in [4.78, 5) is 37.2. The van der Waals surface area contributed by atoms with E-state index >= 15 is 0 Å². The topological polar surface area (TPSA) is 87.7 Å². The number of nitrogens with zero attached hydrogens (tertiary/aromatic N) is 1. The van der Waals surface area contributed by atoms with E-state index in [0.29, 0.717) is 23.4 Å². The summed E-state index contributed by atoms with van der Waals surface area (Å²) >= 11 is 0. The van der Waals surface area contributed by atoms with Crippen molar-refractivity contribution in [2.45, 2.75) is 13.3 Å². The molecule has 2 amide bonds. The second-order valence-electron chi connectivity index (χ2n) is 5.80. The Morgan fingerprint density at radius 2 is 1.80 bits per heavy atom. The zero-order valence-electron chi connectivity index (χ0n) is 15.1. The van der Waals surface area contributed by atoms with Crippen LogP contribution < -0.4 is 10.6 Å². The van der Waals surface area contributed by atoms with Gasteiger partial charge in [0, 0.05) is 23.9 Å². The Morgan fingerprint density at radius 3 is 2.36 bits per heavy atom. The molecule has 0 aliphatic carbocycles. The molecule has 0 saturated heterocycles. The lowest BCUT2D eigenvalue weighted by molar-refractivity contribution is -0.117. The average Bonchev–Trinajstić information content (AvgIpc) is 2.58. The van der Waals surface area contributed by atoms with E-state index < -0.39 is 5.97 Å². The first-order valence-corrected chi connectivity index (χ1v) is 7.94. The zero-order chi connectivity index (χ0) is 18.8. The minimum Gasteiger partial charge on any atom is -0.465 e. The van der Waals surface area contributed by atoms with Crippen LogP contribution in [0.3, 0.4) is 0 Å². The molecule has 2 N–H and O–H groups in total. The van der Waals surface area contributed by atoms with E-state index in [-0.39, 0.29) is 11.8 Å². The zero-order valence-corrected chi connectivity index (χ0v) is 15.1. The van der Waals surface area contributed by atoms with Gasteiger partial charge >= 0.3 is 5.97 Å². The lowest BCUT2D eigenvalue weighted by Gasteiger charge is -2.09. The minimum atomic E-state index is -0.445. The summed E-state index contributed by atoms with van der Waals surface area (Å²) < 4.78 is 4.61. The van der Waals surface area contributed by atoms with Gasteiger partial charge < -0.3 is 20.3 Å². The summed E-state index contributed by atoms with van der Waals surface area (Å²) in [6.07, 6.45) is 2.11. The Kier molecular flexibility index (Phi) is 8.35. The molecule has 7 heteroatoms. The number of methoxy groups -OCH3 is 1.